The van der Waals surface area contributed by atoms with Crippen molar-refractivity contribution in [2.24, 2.45) is 0 Å². The summed E-state index contributed by atoms with van der Waals surface area (Å²) >= 11 is 0. The van der Waals surface area contributed by atoms with Crippen molar-refractivity contribution in [2.75, 3.05) is 13.7 Å². The summed E-state index contributed by atoms with van der Waals surface area (Å²) in [5, 5.41) is 3.61. The third-order valence-corrected chi connectivity index (χ3v) is 3.88. The van der Waals surface area contributed by atoms with Crippen LogP contribution >= 0.6 is 0 Å². The lowest BCUT2D eigenvalue weighted by molar-refractivity contribution is 0.414. The molecule has 1 N–H and O–H groups in total. The van der Waals surface area contributed by atoms with E-state index < -0.39 is 0 Å². The molecule has 0 bridgehead atoms. The van der Waals surface area contributed by atoms with E-state index in [0.29, 0.717) is 0 Å². The molecular formula is C19H25NO. The third kappa shape index (κ3) is 3.45. The Balaban J connectivity index is 2.47. The molecule has 2 nitrogen and oxygen atoms in total. The molecule has 112 valence electrons. The van der Waals surface area contributed by atoms with Crippen LogP contribution in [0.5, 0.6) is 5.75 Å². The van der Waals surface area contributed by atoms with Crippen LogP contribution in [0.1, 0.15) is 40.8 Å². The highest BCUT2D eigenvalue weighted by Gasteiger charge is 2.17. The molecule has 21 heavy (non-hydrogen) atoms. The molecule has 1 unspecified atom stereocenters. The second-order valence-corrected chi connectivity index (χ2v) is 5.58. The van der Waals surface area contributed by atoms with Gasteiger partial charge in [-0.25, -0.2) is 0 Å². The zero-order chi connectivity index (χ0) is 15.4. The van der Waals surface area contributed by atoms with Crippen LogP contribution in [0.3, 0.4) is 0 Å². The van der Waals surface area contributed by atoms with E-state index in [1.165, 1.54) is 27.8 Å². The van der Waals surface area contributed by atoms with Gasteiger partial charge in [-0.05, 0) is 61.7 Å². The summed E-state index contributed by atoms with van der Waals surface area (Å²) in [5.41, 5.74) is 6.66. The van der Waals surface area contributed by atoms with Gasteiger partial charge in [-0.2, -0.15) is 0 Å². The summed E-state index contributed by atoms with van der Waals surface area (Å²) in [6.07, 6.45) is 0. The lowest BCUT2D eigenvalue weighted by Gasteiger charge is -2.24. The van der Waals surface area contributed by atoms with E-state index in [2.05, 4.69) is 57.3 Å². The standard InChI is InChI=1S/C19H25NO/c1-6-20-19(16-7-9-17(21-5)10-8-16)18-14(3)11-13(2)12-15(18)4/h7-12,19-20H,6H2,1-5H3. The van der Waals surface area contributed by atoms with Crippen molar-refractivity contribution < 1.29 is 4.74 Å². The maximum atomic E-state index is 5.26. The van der Waals surface area contributed by atoms with Crippen molar-refractivity contribution in [3.05, 3.63) is 64.2 Å². The number of methoxy groups -OCH3 is 1. The molecule has 0 spiro atoms. The minimum absolute atomic E-state index is 0.224. The van der Waals surface area contributed by atoms with E-state index in [4.69, 9.17) is 4.74 Å². The van der Waals surface area contributed by atoms with Crippen LogP contribution in [0.2, 0.25) is 0 Å². The Bertz CT molecular complexity index is 578. The Hall–Kier alpha value is -1.80. The number of nitrogens with one attached hydrogen (secondary N) is 1. The molecule has 0 aliphatic rings. The largest absolute Gasteiger partial charge is 0.497 e. The van der Waals surface area contributed by atoms with Crippen molar-refractivity contribution in [3.8, 4) is 5.75 Å². The first-order valence-corrected chi connectivity index (χ1v) is 7.52. The summed E-state index contributed by atoms with van der Waals surface area (Å²) < 4.78 is 5.26. The van der Waals surface area contributed by atoms with Crippen LogP contribution in [0.25, 0.3) is 0 Å². The Morgan fingerprint density at radius 2 is 1.57 bits per heavy atom. The average molecular weight is 283 g/mol. The third-order valence-electron chi connectivity index (χ3n) is 3.88. The quantitative estimate of drug-likeness (QED) is 0.882. The first-order chi connectivity index (χ1) is 10.1. The van der Waals surface area contributed by atoms with Crippen LogP contribution in [-0.4, -0.2) is 13.7 Å². The predicted molar refractivity (Wildman–Crippen MR) is 89.2 cm³/mol. The van der Waals surface area contributed by atoms with Crippen LogP contribution in [0, 0.1) is 20.8 Å². The van der Waals surface area contributed by atoms with Crippen LogP contribution < -0.4 is 10.1 Å². The molecule has 2 aromatic rings. The SMILES string of the molecule is CCNC(c1ccc(OC)cc1)c1c(C)cc(C)cc1C. The van der Waals surface area contributed by atoms with E-state index >= 15 is 0 Å². The summed E-state index contributed by atoms with van der Waals surface area (Å²) in [6, 6.07) is 13.1. The summed E-state index contributed by atoms with van der Waals surface area (Å²) in [6.45, 7) is 9.63. The van der Waals surface area contributed by atoms with Gasteiger partial charge in [-0.15, -0.1) is 0 Å². The highest BCUT2D eigenvalue weighted by Crippen LogP contribution is 2.29. The van der Waals surface area contributed by atoms with Crippen molar-refractivity contribution in [1.29, 1.82) is 0 Å². The van der Waals surface area contributed by atoms with Crippen molar-refractivity contribution >= 4 is 0 Å². The van der Waals surface area contributed by atoms with E-state index in [-0.39, 0.29) is 6.04 Å². The monoisotopic (exact) mass is 283 g/mol. The van der Waals surface area contributed by atoms with Gasteiger partial charge < -0.3 is 10.1 Å². The minimum atomic E-state index is 0.224. The van der Waals surface area contributed by atoms with Gasteiger partial charge in [0, 0.05) is 0 Å². The molecular weight excluding hydrogens is 258 g/mol. The van der Waals surface area contributed by atoms with E-state index in [9.17, 15) is 0 Å². The van der Waals surface area contributed by atoms with Gasteiger partial charge in [-0.1, -0.05) is 36.8 Å². The molecule has 0 saturated carbocycles. The molecule has 0 fully saturated rings. The minimum Gasteiger partial charge on any atom is -0.497 e. The molecule has 0 saturated heterocycles. The molecule has 2 rings (SSSR count). The number of ether oxygens (including phenoxy) is 1. The van der Waals surface area contributed by atoms with Crippen molar-refractivity contribution in [1.82, 2.24) is 5.32 Å². The van der Waals surface area contributed by atoms with Gasteiger partial charge in [0.25, 0.3) is 0 Å². The number of hydrogen-bond donors (Lipinski definition) is 1. The zero-order valence-electron chi connectivity index (χ0n) is 13.7. The molecule has 0 heterocycles. The van der Waals surface area contributed by atoms with E-state index in [1.54, 1.807) is 7.11 Å². The second kappa shape index (κ2) is 6.77. The number of aryl methyl sites for hydroxylation is 3. The number of benzene rings is 2. The van der Waals surface area contributed by atoms with Crippen LogP contribution in [0.15, 0.2) is 36.4 Å². The Morgan fingerprint density at radius 1 is 1.00 bits per heavy atom. The average Bonchev–Trinajstić information content (AvgIpc) is 2.45. The summed E-state index contributed by atoms with van der Waals surface area (Å²) in [4.78, 5) is 0. The maximum Gasteiger partial charge on any atom is 0.118 e. The second-order valence-electron chi connectivity index (χ2n) is 5.58. The zero-order valence-corrected chi connectivity index (χ0v) is 13.7. The Kier molecular flexibility index (Phi) is 5.03. The molecule has 0 radical (unpaired) electrons. The normalized spacial score (nSPS) is 12.2. The smallest absolute Gasteiger partial charge is 0.118 e. The van der Waals surface area contributed by atoms with Gasteiger partial charge in [0.2, 0.25) is 0 Å². The number of rotatable bonds is 5. The van der Waals surface area contributed by atoms with Crippen LogP contribution in [-0.2, 0) is 0 Å². The fraction of sp³-hybridized carbons (Fsp3) is 0.368. The molecule has 0 aliphatic carbocycles. The van der Waals surface area contributed by atoms with Crippen molar-refractivity contribution in [2.45, 2.75) is 33.7 Å². The predicted octanol–water partition coefficient (Wildman–Crippen LogP) is 4.32. The Labute approximate surface area is 128 Å². The van der Waals surface area contributed by atoms with Crippen molar-refractivity contribution in [3.63, 3.8) is 0 Å². The highest BCUT2D eigenvalue weighted by molar-refractivity contribution is 5.45. The lowest BCUT2D eigenvalue weighted by atomic mass is 9.90. The lowest BCUT2D eigenvalue weighted by Crippen LogP contribution is -2.23. The summed E-state index contributed by atoms with van der Waals surface area (Å²) in [5.74, 6) is 0.895. The summed E-state index contributed by atoms with van der Waals surface area (Å²) in [7, 11) is 1.70. The fourth-order valence-corrected chi connectivity index (χ4v) is 3.03. The molecule has 2 aromatic carbocycles. The van der Waals surface area contributed by atoms with Gasteiger partial charge in [0.05, 0.1) is 13.2 Å². The van der Waals surface area contributed by atoms with Gasteiger partial charge in [0.1, 0.15) is 5.75 Å². The molecule has 1 atom stereocenters. The highest BCUT2D eigenvalue weighted by atomic mass is 16.5. The van der Waals surface area contributed by atoms with Gasteiger partial charge in [-0.3, -0.25) is 0 Å². The topological polar surface area (TPSA) is 21.3 Å². The van der Waals surface area contributed by atoms with Gasteiger partial charge >= 0.3 is 0 Å². The van der Waals surface area contributed by atoms with Gasteiger partial charge in [0.15, 0.2) is 0 Å². The van der Waals surface area contributed by atoms with E-state index in [0.717, 1.165) is 12.3 Å². The molecule has 0 aromatic heterocycles. The molecule has 0 aliphatic heterocycles. The maximum absolute atomic E-state index is 5.26. The Morgan fingerprint density at radius 3 is 2.05 bits per heavy atom. The first kappa shape index (κ1) is 15.6. The first-order valence-electron chi connectivity index (χ1n) is 7.52. The fourth-order valence-electron chi connectivity index (χ4n) is 3.03. The van der Waals surface area contributed by atoms with Crippen LogP contribution in [0.4, 0.5) is 0 Å². The molecule has 2 heteroatoms. The van der Waals surface area contributed by atoms with E-state index in [1.807, 2.05) is 12.1 Å². The number of hydrogen-bond acceptors (Lipinski definition) is 2. The molecule has 0 amide bonds.